The van der Waals surface area contributed by atoms with Crippen molar-refractivity contribution < 1.29 is 9.90 Å². The van der Waals surface area contributed by atoms with Crippen LogP contribution in [0.25, 0.3) is 0 Å². The van der Waals surface area contributed by atoms with Crippen LogP contribution in [0, 0.1) is 11.8 Å². The van der Waals surface area contributed by atoms with E-state index >= 15 is 0 Å². The van der Waals surface area contributed by atoms with Crippen LogP contribution < -0.4 is 5.73 Å². The van der Waals surface area contributed by atoms with Gasteiger partial charge in [0.15, 0.2) is 0 Å². The summed E-state index contributed by atoms with van der Waals surface area (Å²) in [5.41, 5.74) is 7.05. The van der Waals surface area contributed by atoms with Crippen LogP contribution in [0.4, 0.5) is 0 Å². The number of hydrogen-bond donors (Lipinski definition) is 2. The summed E-state index contributed by atoms with van der Waals surface area (Å²) in [5.74, 6) is 1.08. The lowest BCUT2D eigenvalue weighted by molar-refractivity contribution is -0.133. The minimum absolute atomic E-state index is 0.00507. The standard InChI is InChI=1S/C17H28N2O2/c1-12(2)10-19(11-13(3)4)17(21)16(18)9-14-5-7-15(20)8-6-14/h5-8,12-13,16,20H,9-11,18H2,1-4H3. The molecule has 0 saturated carbocycles. The molecule has 1 rings (SSSR count). The zero-order chi connectivity index (χ0) is 16.0. The number of phenolic OH excluding ortho intramolecular Hbond substituents is 1. The van der Waals surface area contributed by atoms with Gasteiger partial charge in [0.05, 0.1) is 6.04 Å². The number of aromatic hydroxyl groups is 1. The summed E-state index contributed by atoms with van der Waals surface area (Å²) in [7, 11) is 0. The molecule has 1 atom stereocenters. The van der Waals surface area contributed by atoms with Gasteiger partial charge in [-0.1, -0.05) is 39.8 Å². The predicted octanol–water partition coefficient (Wildman–Crippen LogP) is 2.40. The Balaban J connectivity index is 2.70. The number of amides is 1. The molecule has 1 aromatic rings. The van der Waals surface area contributed by atoms with Gasteiger partial charge in [-0.05, 0) is 36.0 Å². The molecule has 1 aromatic carbocycles. The fourth-order valence-electron chi connectivity index (χ4n) is 2.34. The van der Waals surface area contributed by atoms with Crippen LogP contribution in [0.1, 0.15) is 33.3 Å². The third-order valence-corrected chi connectivity index (χ3v) is 3.19. The molecule has 21 heavy (non-hydrogen) atoms. The first-order valence-corrected chi connectivity index (χ1v) is 7.61. The molecule has 0 heterocycles. The van der Waals surface area contributed by atoms with Gasteiger partial charge in [0, 0.05) is 13.1 Å². The Kier molecular flexibility index (Phi) is 6.69. The maximum Gasteiger partial charge on any atom is 0.239 e. The Morgan fingerprint density at radius 2 is 1.57 bits per heavy atom. The van der Waals surface area contributed by atoms with Crippen LogP contribution in [-0.4, -0.2) is 35.0 Å². The second-order valence-corrected chi connectivity index (χ2v) is 6.51. The maximum absolute atomic E-state index is 12.5. The number of nitrogens with zero attached hydrogens (tertiary/aromatic N) is 1. The van der Waals surface area contributed by atoms with Gasteiger partial charge in [-0.3, -0.25) is 4.79 Å². The van der Waals surface area contributed by atoms with E-state index in [1.165, 1.54) is 0 Å². The van der Waals surface area contributed by atoms with Crippen LogP contribution in [0.3, 0.4) is 0 Å². The van der Waals surface area contributed by atoms with Crippen molar-refractivity contribution in [2.75, 3.05) is 13.1 Å². The molecule has 0 aliphatic carbocycles. The normalized spacial score (nSPS) is 12.7. The summed E-state index contributed by atoms with van der Waals surface area (Å²) in [5, 5.41) is 9.28. The third-order valence-electron chi connectivity index (χ3n) is 3.19. The molecule has 0 saturated heterocycles. The van der Waals surface area contributed by atoms with Crippen molar-refractivity contribution in [3.05, 3.63) is 29.8 Å². The Labute approximate surface area is 128 Å². The highest BCUT2D eigenvalue weighted by Crippen LogP contribution is 2.12. The summed E-state index contributed by atoms with van der Waals surface area (Å²) in [4.78, 5) is 14.4. The first-order valence-electron chi connectivity index (χ1n) is 7.61. The number of carbonyl (C=O) groups is 1. The largest absolute Gasteiger partial charge is 0.508 e. The smallest absolute Gasteiger partial charge is 0.239 e. The molecule has 0 fully saturated rings. The molecule has 4 nitrogen and oxygen atoms in total. The quantitative estimate of drug-likeness (QED) is 0.811. The Bertz CT molecular complexity index is 431. The monoisotopic (exact) mass is 292 g/mol. The SMILES string of the molecule is CC(C)CN(CC(C)C)C(=O)C(N)Cc1ccc(O)cc1. The molecule has 1 amide bonds. The zero-order valence-corrected chi connectivity index (χ0v) is 13.5. The van der Waals surface area contributed by atoms with E-state index < -0.39 is 6.04 Å². The Hall–Kier alpha value is -1.55. The highest BCUT2D eigenvalue weighted by molar-refractivity contribution is 5.82. The van der Waals surface area contributed by atoms with E-state index in [2.05, 4.69) is 27.7 Å². The fourth-order valence-corrected chi connectivity index (χ4v) is 2.34. The topological polar surface area (TPSA) is 66.6 Å². The van der Waals surface area contributed by atoms with Crippen LogP contribution >= 0.6 is 0 Å². The van der Waals surface area contributed by atoms with Gasteiger partial charge in [-0.25, -0.2) is 0 Å². The van der Waals surface area contributed by atoms with Crippen LogP contribution in [0.15, 0.2) is 24.3 Å². The molecule has 0 aliphatic heterocycles. The van der Waals surface area contributed by atoms with Crippen LogP contribution in [0.5, 0.6) is 5.75 Å². The van der Waals surface area contributed by atoms with Crippen LogP contribution in [0.2, 0.25) is 0 Å². The average molecular weight is 292 g/mol. The predicted molar refractivity (Wildman–Crippen MR) is 86.0 cm³/mol. The summed E-state index contributed by atoms with van der Waals surface area (Å²) in [6.07, 6.45) is 0.492. The summed E-state index contributed by atoms with van der Waals surface area (Å²) in [6.45, 7) is 9.89. The third kappa shape index (κ3) is 6.17. The average Bonchev–Trinajstić information content (AvgIpc) is 2.38. The van der Waals surface area contributed by atoms with Crippen molar-refractivity contribution in [3.8, 4) is 5.75 Å². The highest BCUT2D eigenvalue weighted by Gasteiger charge is 2.22. The second-order valence-electron chi connectivity index (χ2n) is 6.51. The van der Waals surface area contributed by atoms with Crippen molar-refractivity contribution in [2.24, 2.45) is 17.6 Å². The van der Waals surface area contributed by atoms with Crippen molar-refractivity contribution in [3.63, 3.8) is 0 Å². The van der Waals surface area contributed by atoms with E-state index in [9.17, 15) is 9.90 Å². The highest BCUT2D eigenvalue weighted by atomic mass is 16.3. The molecule has 0 spiro atoms. The molecule has 1 unspecified atom stereocenters. The lowest BCUT2D eigenvalue weighted by atomic mass is 10.0. The van der Waals surface area contributed by atoms with Gasteiger partial charge in [0.2, 0.25) is 5.91 Å². The zero-order valence-electron chi connectivity index (χ0n) is 13.5. The van der Waals surface area contributed by atoms with E-state index in [0.29, 0.717) is 18.3 Å². The molecule has 118 valence electrons. The second kappa shape index (κ2) is 8.03. The first kappa shape index (κ1) is 17.5. The fraction of sp³-hybridized carbons (Fsp3) is 0.588. The molecular weight excluding hydrogens is 264 g/mol. The van der Waals surface area contributed by atoms with Gasteiger partial charge >= 0.3 is 0 Å². The van der Waals surface area contributed by atoms with E-state index in [1.807, 2.05) is 4.90 Å². The maximum atomic E-state index is 12.5. The van der Waals surface area contributed by atoms with Gasteiger partial charge in [0.1, 0.15) is 5.75 Å². The number of rotatable bonds is 7. The molecular formula is C17H28N2O2. The van der Waals surface area contributed by atoms with Crippen molar-refractivity contribution >= 4 is 5.91 Å². The molecule has 0 aliphatic rings. The van der Waals surface area contributed by atoms with Crippen LogP contribution in [-0.2, 0) is 11.2 Å². The Morgan fingerprint density at radius 1 is 1.10 bits per heavy atom. The van der Waals surface area contributed by atoms with Gasteiger partial charge in [-0.15, -0.1) is 0 Å². The summed E-state index contributed by atoms with van der Waals surface area (Å²) in [6, 6.07) is 6.31. The summed E-state index contributed by atoms with van der Waals surface area (Å²) < 4.78 is 0. The molecule has 3 N–H and O–H groups in total. The lowest BCUT2D eigenvalue weighted by Gasteiger charge is -2.29. The van der Waals surface area contributed by atoms with Crippen molar-refractivity contribution in [2.45, 2.75) is 40.2 Å². The number of hydrogen-bond acceptors (Lipinski definition) is 3. The number of benzene rings is 1. The van der Waals surface area contributed by atoms with E-state index in [1.54, 1.807) is 24.3 Å². The molecule has 0 aromatic heterocycles. The van der Waals surface area contributed by atoms with Crippen molar-refractivity contribution in [1.82, 2.24) is 4.90 Å². The van der Waals surface area contributed by atoms with E-state index in [0.717, 1.165) is 18.7 Å². The van der Waals surface area contributed by atoms with Crippen molar-refractivity contribution in [1.29, 1.82) is 0 Å². The van der Waals surface area contributed by atoms with E-state index in [4.69, 9.17) is 5.73 Å². The van der Waals surface area contributed by atoms with Gasteiger partial charge in [-0.2, -0.15) is 0 Å². The Morgan fingerprint density at radius 3 is 2.00 bits per heavy atom. The molecule has 0 radical (unpaired) electrons. The number of phenols is 1. The molecule has 4 heteroatoms. The van der Waals surface area contributed by atoms with Gasteiger partial charge < -0.3 is 15.7 Å². The van der Waals surface area contributed by atoms with E-state index in [-0.39, 0.29) is 11.7 Å². The number of carbonyl (C=O) groups excluding carboxylic acids is 1. The lowest BCUT2D eigenvalue weighted by Crippen LogP contribution is -2.47. The minimum Gasteiger partial charge on any atom is -0.508 e. The summed E-state index contributed by atoms with van der Waals surface area (Å²) >= 11 is 0. The number of nitrogens with two attached hydrogens (primary N) is 1. The molecule has 0 bridgehead atoms. The minimum atomic E-state index is -0.535. The van der Waals surface area contributed by atoms with Gasteiger partial charge in [0.25, 0.3) is 0 Å². The first-order chi connectivity index (χ1) is 9.79.